The average molecular weight is 291 g/mol. The van der Waals surface area contributed by atoms with Gasteiger partial charge in [0.2, 0.25) is 0 Å². The summed E-state index contributed by atoms with van der Waals surface area (Å²) >= 11 is 0. The van der Waals surface area contributed by atoms with Gasteiger partial charge in [0.1, 0.15) is 12.0 Å². The Morgan fingerprint density at radius 1 is 1.48 bits per heavy atom. The number of rotatable bonds is 4. The van der Waals surface area contributed by atoms with E-state index >= 15 is 0 Å². The van der Waals surface area contributed by atoms with E-state index in [0.717, 1.165) is 25.7 Å². The maximum Gasteiger partial charge on any atom is 0.288 e. The number of hydrogen-bond acceptors (Lipinski definition) is 6. The van der Waals surface area contributed by atoms with Crippen LogP contribution < -0.4 is 11.1 Å². The Balaban J connectivity index is 1.67. The normalized spacial score (nSPS) is 22.2. The fraction of sp³-hybridized carbons (Fsp3) is 0.538. The maximum absolute atomic E-state index is 12.2. The molecule has 112 valence electrons. The molecule has 1 saturated heterocycles. The lowest BCUT2D eigenvalue weighted by molar-refractivity contribution is -0.385. The number of amides is 1. The minimum atomic E-state index is -0.590. The average Bonchev–Trinajstić information content (AvgIpc) is 3.20. The molecule has 1 unspecified atom stereocenters. The lowest BCUT2D eigenvalue weighted by atomic mass is 10.2. The maximum atomic E-state index is 12.2. The number of nitrogens with two attached hydrogens (primary N) is 1. The van der Waals surface area contributed by atoms with E-state index in [2.05, 4.69) is 15.2 Å². The highest BCUT2D eigenvalue weighted by atomic mass is 16.6. The predicted molar refractivity (Wildman–Crippen MR) is 75.8 cm³/mol. The number of hydrogen-bond donors (Lipinski definition) is 2. The first-order valence-electron chi connectivity index (χ1n) is 6.99. The van der Waals surface area contributed by atoms with Gasteiger partial charge in [-0.15, -0.1) is 0 Å². The fourth-order valence-electron chi connectivity index (χ4n) is 2.69. The van der Waals surface area contributed by atoms with Gasteiger partial charge in [0, 0.05) is 31.2 Å². The summed E-state index contributed by atoms with van der Waals surface area (Å²) in [4.78, 5) is 28.5. The van der Waals surface area contributed by atoms with Gasteiger partial charge in [-0.05, 0) is 19.3 Å². The van der Waals surface area contributed by atoms with Gasteiger partial charge in [0.15, 0.2) is 0 Å². The van der Waals surface area contributed by atoms with Crippen molar-refractivity contribution >= 4 is 17.4 Å². The van der Waals surface area contributed by atoms with E-state index in [-0.39, 0.29) is 23.1 Å². The van der Waals surface area contributed by atoms with Crippen molar-refractivity contribution in [2.75, 3.05) is 18.8 Å². The first kappa shape index (κ1) is 13.7. The lowest BCUT2D eigenvalue weighted by Gasteiger charge is -2.16. The van der Waals surface area contributed by atoms with Crippen molar-refractivity contribution in [3.63, 3.8) is 0 Å². The van der Waals surface area contributed by atoms with Gasteiger partial charge < -0.3 is 11.1 Å². The van der Waals surface area contributed by atoms with E-state index in [4.69, 9.17) is 5.73 Å². The number of carbonyl (C=O) groups is 1. The third kappa shape index (κ3) is 2.94. The first-order chi connectivity index (χ1) is 10.0. The Kier molecular flexibility index (Phi) is 3.46. The number of nitrogens with zero attached hydrogens (tertiary/aromatic N) is 3. The topological polar surface area (TPSA) is 114 Å². The van der Waals surface area contributed by atoms with Crippen LogP contribution in [0.25, 0.3) is 0 Å². The molecule has 2 heterocycles. The molecule has 8 heteroatoms. The van der Waals surface area contributed by atoms with Crippen LogP contribution in [0.2, 0.25) is 0 Å². The molecule has 2 aliphatic rings. The number of nitrogen functional groups attached to an aromatic ring is 1. The zero-order valence-corrected chi connectivity index (χ0v) is 11.5. The SMILES string of the molecule is Nc1ncc([N+](=O)[O-])cc1C(=O)NC1CCN(C2CC2)C1. The number of aromatic nitrogens is 1. The minimum absolute atomic E-state index is 0.00939. The Hall–Kier alpha value is -2.22. The van der Waals surface area contributed by atoms with Crippen molar-refractivity contribution < 1.29 is 9.72 Å². The van der Waals surface area contributed by atoms with Crippen LogP contribution >= 0.6 is 0 Å². The van der Waals surface area contributed by atoms with Crippen molar-refractivity contribution in [2.24, 2.45) is 0 Å². The van der Waals surface area contributed by atoms with Crippen LogP contribution in [-0.2, 0) is 0 Å². The number of likely N-dealkylation sites (tertiary alicyclic amines) is 1. The molecule has 3 N–H and O–H groups in total. The van der Waals surface area contributed by atoms with Gasteiger partial charge in [-0.1, -0.05) is 0 Å². The van der Waals surface area contributed by atoms with E-state index in [1.807, 2.05) is 0 Å². The van der Waals surface area contributed by atoms with Gasteiger partial charge in [-0.3, -0.25) is 19.8 Å². The number of anilines is 1. The number of nitro groups is 1. The Morgan fingerprint density at radius 3 is 2.90 bits per heavy atom. The quantitative estimate of drug-likeness (QED) is 0.618. The minimum Gasteiger partial charge on any atom is -0.383 e. The van der Waals surface area contributed by atoms with E-state index in [1.165, 1.54) is 18.9 Å². The third-order valence-corrected chi connectivity index (χ3v) is 3.98. The molecule has 0 radical (unpaired) electrons. The molecule has 3 rings (SSSR count). The van der Waals surface area contributed by atoms with Crippen LogP contribution in [0.5, 0.6) is 0 Å². The summed E-state index contributed by atoms with van der Waals surface area (Å²) in [7, 11) is 0. The van der Waals surface area contributed by atoms with Crippen molar-refractivity contribution in [3.05, 3.63) is 27.9 Å². The summed E-state index contributed by atoms with van der Waals surface area (Å²) in [5.41, 5.74) is 5.47. The molecule has 1 aliphatic carbocycles. The number of pyridine rings is 1. The highest BCUT2D eigenvalue weighted by Gasteiger charge is 2.35. The highest BCUT2D eigenvalue weighted by molar-refractivity contribution is 5.99. The standard InChI is InChI=1S/C13H17N5O3/c14-12-11(5-10(6-15-12)18(20)21)13(19)16-8-3-4-17(7-8)9-1-2-9/h5-6,8-9H,1-4,7H2,(H2,14,15)(H,16,19). The molecule has 8 nitrogen and oxygen atoms in total. The van der Waals surface area contributed by atoms with Crippen molar-refractivity contribution in [2.45, 2.75) is 31.3 Å². The monoisotopic (exact) mass is 291 g/mol. The first-order valence-corrected chi connectivity index (χ1v) is 6.99. The predicted octanol–water partition coefficient (Wildman–Crippen LogP) is 0.538. The van der Waals surface area contributed by atoms with E-state index in [1.54, 1.807) is 0 Å². The Morgan fingerprint density at radius 2 is 2.24 bits per heavy atom. The summed E-state index contributed by atoms with van der Waals surface area (Å²) in [5, 5.41) is 13.6. The molecule has 0 bridgehead atoms. The largest absolute Gasteiger partial charge is 0.383 e. The van der Waals surface area contributed by atoms with E-state index in [0.29, 0.717) is 6.04 Å². The van der Waals surface area contributed by atoms with E-state index < -0.39 is 10.8 Å². The van der Waals surface area contributed by atoms with Crippen LogP contribution in [0.15, 0.2) is 12.3 Å². The molecule has 0 spiro atoms. The van der Waals surface area contributed by atoms with Crippen LogP contribution in [0.4, 0.5) is 11.5 Å². The molecule has 21 heavy (non-hydrogen) atoms. The lowest BCUT2D eigenvalue weighted by Crippen LogP contribution is -2.37. The molecule has 2 fully saturated rings. The second-order valence-corrected chi connectivity index (χ2v) is 5.57. The molecular formula is C13H17N5O3. The van der Waals surface area contributed by atoms with Gasteiger partial charge >= 0.3 is 0 Å². The zero-order valence-electron chi connectivity index (χ0n) is 11.5. The van der Waals surface area contributed by atoms with Crippen LogP contribution in [0, 0.1) is 10.1 Å². The Bertz CT molecular complexity index is 587. The van der Waals surface area contributed by atoms with E-state index in [9.17, 15) is 14.9 Å². The second-order valence-electron chi connectivity index (χ2n) is 5.57. The summed E-state index contributed by atoms with van der Waals surface area (Å²) in [6, 6.07) is 1.92. The summed E-state index contributed by atoms with van der Waals surface area (Å²) in [6.07, 6.45) is 4.42. The smallest absolute Gasteiger partial charge is 0.288 e. The second kappa shape index (κ2) is 5.28. The Labute approximate surface area is 121 Å². The highest BCUT2D eigenvalue weighted by Crippen LogP contribution is 2.30. The van der Waals surface area contributed by atoms with Gasteiger partial charge in [-0.2, -0.15) is 0 Å². The fourth-order valence-corrected chi connectivity index (χ4v) is 2.69. The van der Waals surface area contributed by atoms with Crippen LogP contribution in [0.1, 0.15) is 29.6 Å². The molecule has 1 amide bonds. The van der Waals surface area contributed by atoms with Crippen LogP contribution in [-0.4, -0.2) is 45.9 Å². The molecule has 1 aromatic rings. The van der Waals surface area contributed by atoms with Gasteiger partial charge in [0.05, 0.1) is 10.5 Å². The third-order valence-electron chi connectivity index (χ3n) is 3.98. The van der Waals surface area contributed by atoms with Crippen LogP contribution in [0.3, 0.4) is 0 Å². The molecule has 1 saturated carbocycles. The van der Waals surface area contributed by atoms with Gasteiger partial charge in [0.25, 0.3) is 11.6 Å². The van der Waals surface area contributed by atoms with Gasteiger partial charge in [-0.25, -0.2) is 4.98 Å². The molecule has 1 aromatic heterocycles. The molecule has 0 aromatic carbocycles. The molecular weight excluding hydrogens is 274 g/mol. The van der Waals surface area contributed by atoms with Crippen molar-refractivity contribution in [1.82, 2.24) is 15.2 Å². The van der Waals surface area contributed by atoms with Crippen molar-refractivity contribution in [1.29, 1.82) is 0 Å². The molecule has 1 aliphatic heterocycles. The molecule has 1 atom stereocenters. The summed E-state index contributed by atoms with van der Waals surface area (Å²) in [6.45, 7) is 1.82. The number of carbonyl (C=O) groups excluding carboxylic acids is 1. The zero-order chi connectivity index (χ0) is 15.0. The summed E-state index contributed by atoms with van der Waals surface area (Å²) < 4.78 is 0. The van der Waals surface area contributed by atoms with Crippen molar-refractivity contribution in [3.8, 4) is 0 Å². The summed E-state index contributed by atoms with van der Waals surface area (Å²) in [5.74, 6) is -0.388. The number of nitrogens with one attached hydrogen (secondary N) is 1.